The van der Waals surface area contributed by atoms with E-state index in [4.69, 9.17) is 5.73 Å². The number of hydrogen-bond acceptors (Lipinski definition) is 2. The van der Waals surface area contributed by atoms with Crippen LogP contribution in [0.15, 0.2) is 36.5 Å². The lowest BCUT2D eigenvalue weighted by Crippen LogP contribution is -2.36. The number of pyridine rings is 1. The molecule has 94 valence electrons. The Morgan fingerprint density at radius 1 is 1.11 bits per heavy atom. The predicted molar refractivity (Wildman–Crippen MR) is 66.0 cm³/mol. The van der Waals surface area contributed by atoms with Crippen molar-refractivity contribution in [3.05, 3.63) is 65.0 Å². The Kier molecular flexibility index (Phi) is 3.13. The molecule has 2 N–H and O–H groups in total. The number of aromatic nitrogens is 1. The summed E-state index contributed by atoms with van der Waals surface area (Å²) in [5.41, 5.74) is 7.28. The van der Waals surface area contributed by atoms with Crippen LogP contribution in [0.2, 0.25) is 0 Å². The molecule has 1 atom stereocenters. The van der Waals surface area contributed by atoms with E-state index in [-0.39, 0.29) is 5.82 Å². The van der Waals surface area contributed by atoms with E-state index in [2.05, 4.69) is 4.98 Å². The molecule has 0 aliphatic heterocycles. The summed E-state index contributed by atoms with van der Waals surface area (Å²) in [4.78, 5) is 3.97. The van der Waals surface area contributed by atoms with E-state index in [0.717, 1.165) is 11.8 Å². The molecule has 0 fully saturated rings. The van der Waals surface area contributed by atoms with Crippen LogP contribution in [0.4, 0.5) is 8.78 Å². The molecule has 2 aromatic rings. The molecule has 18 heavy (non-hydrogen) atoms. The van der Waals surface area contributed by atoms with Gasteiger partial charge in [0.2, 0.25) is 0 Å². The Hall–Kier alpha value is -1.81. The fourth-order valence-corrected chi connectivity index (χ4v) is 1.97. The van der Waals surface area contributed by atoms with Crippen LogP contribution < -0.4 is 5.73 Å². The van der Waals surface area contributed by atoms with E-state index < -0.39 is 11.4 Å². The molecular formula is C14H14F2N2. The van der Waals surface area contributed by atoms with Crippen molar-refractivity contribution >= 4 is 0 Å². The summed E-state index contributed by atoms with van der Waals surface area (Å²) in [6.45, 7) is 3.58. The van der Waals surface area contributed by atoms with Gasteiger partial charge in [0, 0.05) is 0 Å². The van der Waals surface area contributed by atoms with E-state index >= 15 is 0 Å². The zero-order valence-electron chi connectivity index (χ0n) is 10.2. The number of nitrogens with zero attached hydrogens (tertiary/aromatic N) is 1. The minimum Gasteiger partial charge on any atom is -0.317 e. The van der Waals surface area contributed by atoms with Crippen LogP contribution in [-0.2, 0) is 5.54 Å². The van der Waals surface area contributed by atoms with E-state index in [1.54, 1.807) is 13.0 Å². The van der Waals surface area contributed by atoms with E-state index in [1.165, 1.54) is 24.3 Å². The summed E-state index contributed by atoms with van der Waals surface area (Å²) in [5.74, 6) is -0.778. The van der Waals surface area contributed by atoms with Crippen LogP contribution >= 0.6 is 0 Å². The van der Waals surface area contributed by atoms with Gasteiger partial charge in [-0.3, -0.25) is 4.98 Å². The van der Waals surface area contributed by atoms with Gasteiger partial charge in [-0.05, 0) is 49.2 Å². The lowest BCUT2D eigenvalue weighted by Gasteiger charge is -2.26. The lowest BCUT2D eigenvalue weighted by atomic mass is 9.86. The fourth-order valence-electron chi connectivity index (χ4n) is 1.97. The molecule has 2 rings (SSSR count). The van der Waals surface area contributed by atoms with Gasteiger partial charge in [0.15, 0.2) is 0 Å². The molecule has 0 saturated heterocycles. The van der Waals surface area contributed by atoms with Gasteiger partial charge in [-0.15, -0.1) is 0 Å². The fraction of sp³-hybridized carbons (Fsp3) is 0.214. The maximum Gasteiger partial charge on any atom is 0.141 e. The molecule has 4 heteroatoms. The minimum atomic E-state index is -0.958. The third-order valence-corrected chi connectivity index (χ3v) is 3.02. The summed E-state index contributed by atoms with van der Waals surface area (Å²) in [6.07, 6.45) is 1.11. The molecule has 0 radical (unpaired) electrons. The van der Waals surface area contributed by atoms with Crippen LogP contribution in [-0.4, -0.2) is 4.98 Å². The first-order valence-electron chi connectivity index (χ1n) is 5.59. The quantitative estimate of drug-likeness (QED) is 0.887. The summed E-state index contributed by atoms with van der Waals surface area (Å²) >= 11 is 0. The van der Waals surface area contributed by atoms with Gasteiger partial charge in [-0.25, -0.2) is 8.78 Å². The average molecular weight is 248 g/mol. The summed E-state index contributed by atoms with van der Waals surface area (Å²) < 4.78 is 26.2. The molecule has 0 aliphatic carbocycles. The second-order valence-corrected chi connectivity index (χ2v) is 4.52. The van der Waals surface area contributed by atoms with Crippen molar-refractivity contribution in [3.63, 3.8) is 0 Å². The van der Waals surface area contributed by atoms with Gasteiger partial charge in [0.1, 0.15) is 11.6 Å². The van der Waals surface area contributed by atoms with Crippen LogP contribution in [0.3, 0.4) is 0 Å². The first kappa shape index (κ1) is 12.6. The molecule has 0 saturated carbocycles. The maximum atomic E-state index is 13.3. The molecule has 1 unspecified atom stereocenters. The maximum absolute atomic E-state index is 13.3. The second kappa shape index (κ2) is 4.46. The van der Waals surface area contributed by atoms with Crippen molar-refractivity contribution in [2.24, 2.45) is 5.73 Å². The molecular weight excluding hydrogens is 234 g/mol. The van der Waals surface area contributed by atoms with Crippen molar-refractivity contribution in [2.45, 2.75) is 19.4 Å². The molecule has 0 bridgehead atoms. The topological polar surface area (TPSA) is 38.9 Å². The van der Waals surface area contributed by atoms with Crippen molar-refractivity contribution in [2.75, 3.05) is 0 Å². The molecule has 1 aromatic heterocycles. The monoisotopic (exact) mass is 248 g/mol. The highest BCUT2D eigenvalue weighted by atomic mass is 19.1. The molecule has 0 spiro atoms. The molecule has 2 nitrogen and oxygen atoms in total. The Balaban J connectivity index is 2.53. The smallest absolute Gasteiger partial charge is 0.141 e. The normalized spacial score (nSPS) is 14.3. The number of hydrogen-bond donors (Lipinski definition) is 1. The van der Waals surface area contributed by atoms with Gasteiger partial charge in [-0.2, -0.15) is 0 Å². The Bertz CT molecular complexity index is 563. The summed E-state index contributed by atoms with van der Waals surface area (Å²) in [7, 11) is 0. The summed E-state index contributed by atoms with van der Waals surface area (Å²) in [6, 6.07) is 7.24. The van der Waals surface area contributed by atoms with Crippen molar-refractivity contribution < 1.29 is 8.78 Å². The van der Waals surface area contributed by atoms with Gasteiger partial charge >= 0.3 is 0 Å². The van der Waals surface area contributed by atoms with Gasteiger partial charge < -0.3 is 5.73 Å². The minimum absolute atomic E-state index is 0.352. The molecule has 1 aromatic carbocycles. The molecule has 0 amide bonds. The standard InChI is InChI=1S/C14H14F2N2/c1-9-3-4-10(15)7-12(9)14(2,17)13-6-5-11(16)8-18-13/h3-8H,17H2,1-2H3. The first-order chi connectivity index (χ1) is 8.41. The number of aryl methyl sites for hydroxylation is 1. The van der Waals surface area contributed by atoms with E-state index in [1.807, 2.05) is 6.92 Å². The van der Waals surface area contributed by atoms with Crippen LogP contribution in [0.1, 0.15) is 23.7 Å². The van der Waals surface area contributed by atoms with Crippen molar-refractivity contribution in [3.8, 4) is 0 Å². The highest BCUT2D eigenvalue weighted by Gasteiger charge is 2.27. The Morgan fingerprint density at radius 3 is 2.39 bits per heavy atom. The molecule has 0 aliphatic rings. The first-order valence-corrected chi connectivity index (χ1v) is 5.59. The largest absolute Gasteiger partial charge is 0.317 e. The zero-order valence-corrected chi connectivity index (χ0v) is 10.2. The van der Waals surface area contributed by atoms with E-state index in [9.17, 15) is 8.78 Å². The van der Waals surface area contributed by atoms with Crippen molar-refractivity contribution in [1.29, 1.82) is 0 Å². The van der Waals surface area contributed by atoms with Crippen molar-refractivity contribution in [1.82, 2.24) is 4.98 Å². The third kappa shape index (κ3) is 2.24. The summed E-state index contributed by atoms with van der Waals surface area (Å²) in [5, 5.41) is 0. The van der Waals surface area contributed by atoms with Gasteiger partial charge in [0.25, 0.3) is 0 Å². The lowest BCUT2D eigenvalue weighted by molar-refractivity contribution is 0.554. The van der Waals surface area contributed by atoms with Gasteiger partial charge in [0.05, 0.1) is 17.4 Å². The second-order valence-electron chi connectivity index (χ2n) is 4.52. The highest BCUT2D eigenvalue weighted by molar-refractivity contribution is 5.39. The van der Waals surface area contributed by atoms with Crippen LogP contribution in [0, 0.1) is 18.6 Å². The number of nitrogens with two attached hydrogens (primary N) is 1. The van der Waals surface area contributed by atoms with Crippen LogP contribution in [0.25, 0.3) is 0 Å². The zero-order chi connectivity index (χ0) is 13.3. The van der Waals surface area contributed by atoms with E-state index in [0.29, 0.717) is 11.3 Å². The Labute approximate surface area is 104 Å². The number of halogens is 2. The number of rotatable bonds is 2. The average Bonchev–Trinajstić information content (AvgIpc) is 2.32. The number of benzene rings is 1. The third-order valence-electron chi connectivity index (χ3n) is 3.02. The Morgan fingerprint density at radius 2 is 1.78 bits per heavy atom. The van der Waals surface area contributed by atoms with Crippen LogP contribution in [0.5, 0.6) is 0 Å². The highest BCUT2D eigenvalue weighted by Crippen LogP contribution is 2.28. The van der Waals surface area contributed by atoms with Gasteiger partial charge in [-0.1, -0.05) is 6.07 Å². The molecule has 1 heterocycles. The SMILES string of the molecule is Cc1ccc(F)cc1C(C)(N)c1ccc(F)cn1. The predicted octanol–water partition coefficient (Wildman–Crippen LogP) is 2.89.